The van der Waals surface area contributed by atoms with E-state index in [1.165, 1.54) is 6.20 Å². The summed E-state index contributed by atoms with van der Waals surface area (Å²) in [5, 5.41) is 0.809. The molecule has 1 aromatic heterocycles. The van der Waals surface area contributed by atoms with Crippen LogP contribution < -0.4 is 10.4 Å². The molecule has 74 valence electrons. The van der Waals surface area contributed by atoms with Gasteiger partial charge in [-0.2, -0.15) is 0 Å². The van der Waals surface area contributed by atoms with E-state index >= 15 is 0 Å². The highest BCUT2D eigenvalue weighted by atomic mass is 16.5. The molecule has 4 nitrogen and oxygen atoms in total. The van der Waals surface area contributed by atoms with Crippen molar-refractivity contribution in [2.45, 2.75) is 0 Å². The maximum Gasteiger partial charge on any atom is 0.345 e. The van der Waals surface area contributed by atoms with Gasteiger partial charge in [0.1, 0.15) is 12.4 Å². The predicted octanol–water partition coefficient (Wildman–Crippen LogP) is 0.935. The smallest absolute Gasteiger partial charge is 0.345 e. The zero-order chi connectivity index (χ0) is 10.7. The number of hydrogen-bond acceptors (Lipinski definition) is 3. The number of rotatable bonds is 2. The van der Waals surface area contributed by atoms with Gasteiger partial charge >= 0.3 is 5.69 Å². The summed E-state index contributed by atoms with van der Waals surface area (Å²) < 4.78 is 5.24. The Morgan fingerprint density at radius 2 is 2.40 bits per heavy atom. The molecule has 0 bridgehead atoms. The minimum Gasteiger partial charge on any atom is -0.481 e. The van der Waals surface area contributed by atoms with Crippen molar-refractivity contribution in [1.29, 1.82) is 0 Å². The molecule has 1 N–H and O–H groups in total. The van der Waals surface area contributed by atoms with Crippen LogP contribution in [0.5, 0.6) is 5.75 Å². The summed E-state index contributed by atoms with van der Waals surface area (Å²) in [5.41, 5.74) is 0.364. The molecular formula is C11H8N2O2. The van der Waals surface area contributed by atoms with Crippen molar-refractivity contribution in [3.05, 3.63) is 34.9 Å². The van der Waals surface area contributed by atoms with Crippen LogP contribution in [0, 0.1) is 12.3 Å². The van der Waals surface area contributed by atoms with Gasteiger partial charge < -0.3 is 9.72 Å². The van der Waals surface area contributed by atoms with Crippen LogP contribution in [0.4, 0.5) is 0 Å². The number of terminal acetylenes is 1. The lowest BCUT2D eigenvalue weighted by molar-refractivity contribution is 0.371. The molecule has 4 heteroatoms. The Bertz CT molecular complexity index is 581. The topological polar surface area (TPSA) is 55.0 Å². The molecule has 15 heavy (non-hydrogen) atoms. The first-order valence-corrected chi connectivity index (χ1v) is 4.35. The lowest BCUT2D eigenvalue weighted by Crippen LogP contribution is -2.08. The standard InChI is InChI=1S/C11H8N2O2/c1-2-5-15-9-3-4-10-8(6-9)7-12-11(14)13-10/h1,3-4,6-7H,5H2,(H,12,13,14). The summed E-state index contributed by atoms with van der Waals surface area (Å²) in [6, 6.07) is 5.27. The highest BCUT2D eigenvalue weighted by molar-refractivity contribution is 5.78. The van der Waals surface area contributed by atoms with Gasteiger partial charge in [0, 0.05) is 11.6 Å². The molecule has 2 rings (SSSR count). The third kappa shape index (κ3) is 1.97. The normalized spacial score (nSPS) is 9.80. The van der Waals surface area contributed by atoms with E-state index in [2.05, 4.69) is 15.9 Å². The Hall–Kier alpha value is -2.28. The van der Waals surface area contributed by atoms with Crippen molar-refractivity contribution in [1.82, 2.24) is 9.97 Å². The molecule has 0 saturated heterocycles. The van der Waals surface area contributed by atoms with E-state index in [1.54, 1.807) is 18.2 Å². The Morgan fingerprint density at radius 1 is 1.53 bits per heavy atom. The molecule has 0 aliphatic heterocycles. The van der Waals surface area contributed by atoms with Crippen molar-refractivity contribution in [3.8, 4) is 18.1 Å². The average Bonchev–Trinajstić information content (AvgIpc) is 2.26. The molecule has 0 amide bonds. The highest BCUT2D eigenvalue weighted by Crippen LogP contribution is 2.17. The van der Waals surface area contributed by atoms with Crippen LogP contribution in [0.3, 0.4) is 0 Å². The Balaban J connectivity index is 2.44. The van der Waals surface area contributed by atoms with E-state index in [9.17, 15) is 4.79 Å². The fraction of sp³-hybridized carbons (Fsp3) is 0.0909. The molecule has 0 spiro atoms. The number of benzene rings is 1. The summed E-state index contributed by atoms with van der Waals surface area (Å²) in [5.74, 6) is 3.04. The summed E-state index contributed by atoms with van der Waals surface area (Å²) in [6.07, 6.45) is 6.57. The lowest BCUT2D eigenvalue weighted by atomic mass is 10.2. The van der Waals surface area contributed by atoms with Gasteiger partial charge in [-0.05, 0) is 18.2 Å². The predicted molar refractivity (Wildman–Crippen MR) is 56.7 cm³/mol. The van der Waals surface area contributed by atoms with Gasteiger partial charge in [0.05, 0.1) is 5.52 Å². The zero-order valence-corrected chi connectivity index (χ0v) is 7.86. The van der Waals surface area contributed by atoms with Gasteiger partial charge in [-0.25, -0.2) is 9.78 Å². The van der Waals surface area contributed by atoms with Crippen molar-refractivity contribution in [2.24, 2.45) is 0 Å². The summed E-state index contributed by atoms with van der Waals surface area (Å²) in [6.45, 7) is 0.224. The van der Waals surface area contributed by atoms with Gasteiger partial charge in [0.15, 0.2) is 0 Å². The van der Waals surface area contributed by atoms with E-state index in [-0.39, 0.29) is 12.3 Å². The van der Waals surface area contributed by atoms with Crippen LogP contribution in [0.2, 0.25) is 0 Å². The highest BCUT2D eigenvalue weighted by Gasteiger charge is 1.97. The average molecular weight is 200 g/mol. The second-order valence-corrected chi connectivity index (χ2v) is 2.93. The van der Waals surface area contributed by atoms with E-state index < -0.39 is 0 Å². The summed E-state index contributed by atoms with van der Waals surface area (Å²) in [7, 11) is 0. The molecule has 0 radical (unpaired) electrons. The minimum atomic E-state index is -0.361. The van der Waals surface area contributed by atoms with Gasteiger partial charge in [-0.3, -0.25) is 0 Å². The van der Waals surface area contributed by atoms with Gasteiger partial charge in [-0.1, -0.05) is 5.92 Å². The first-order valence-electron chi connectivity index (χ1n) is 4.35. The molecule has 2 aromatic rings. The minimum absolute atomic E-state index is 0.224. The first kappa shape index (κ1) is 9.28. The third-order valence-corrected chi connectivity index (χ3v) is 1.91. The quantitative estimate of drug-likeness (QED) is 0.734. The SMILES string of the molecule is C#CCOc1ccc2[nH]c(=O)ncc2c1. The molecule has 0 fully saturated rings. The van der Waals surface area contributed by atoms with Crippen LogP contribution >= 0.6 is 0 Å². The molecule has 0 atom stereocenters. The molecule has 1 aromatic carbocycles. The number of fused-ring (bicyclic) bond motifs is 1. The van der Waals surface area contributed by atoms with Crippen molar-refractivity contribution < 1.29 is 4.74 Å². The number of ether oxygens (including phenoxy) is 1. The van der Waals surface area contributed by atoms with Crippen LogP contribution in [0.1, 0.15) is 0 Å². The van der Waals surface area contributed by atoms with E-state index in [4.69, 9.17) is 11.2 Å². The number of H-pyrrole nitrogens is 1. The molecule has 0 aliphatic carbocycles. The van der Waals surface area contributed by atoms with E-state index in [1.807, 2.05) is 0 Å². The maximum absolute atomic E-state index is 10.9. The third-order valence-electron chi connectivity index (χ3n) is 1.91. The molecule has 0 aliphatic rings. The van der Waals surface area contributed by atoms with E-state index in [0.717, 1.165) is 10.9 Å². The van der Waals surface area contributed by atoms with Crippen molar-refractivity contribution in [2.75, 3.05) is 6.61 Å². The fourth-order valence-electron chi connectivity index (χ4n) is 1.25. The first-order chi connectivity index (χ1) is 7.29. The van der Waals surface area contributed by atoms with Crippen LogP contribution in [0.25, 0.3) is 10.9 Å². The monoisotopic (exact) mass is 200 g/mol. The summed E-state index contributed by atoms with van der Waals surface area (Å²) >= 11 is 0. The molecule has 1 heterocycles. The van der Waals surface area contributed by atoms with Gasteiger partial charge in [0.2, 0.25) is 0 Å². The van der Waals surface area contributed by atoms with Crippen molar-refractivity contribution in [3.63, 3.8) is 0 Å². The van der Waals surface area contributed by atoms with Crippen LogP contribution in [-0.4, -0.2) is 16.6 Å². The number of aromatic amines is 1. The Kier molecular flexibility index (Phi) is 2.38. The summed E-state index contributed by atoms with van der Waals surface area (Å²) in [4.78, 5) is 17.1. The zero-order valence-electron chi connectivity index (χ0n) is 7.86. The fourth-order valence-corrected chi connectivity index (χ4v) is 1.25. The maximum atomic E-state index is 10.9. The van der Waals surface area contributed by atoms with Crippen molar-refractivity contribution >= 4 is 10.9 Å². The number of nitrogens with zero attached hydrogens (tertiary/aromatic N) is 1. The Morgan fingerprint density at radius 3 is 3.20 bits per heavy atom. The molecule has 0 unspecified atom stereocenters. The second-order valence-electron chi connectivity index (χ2n) is 2.93. The molecule has 0 saturated carbocycles. The number of nitrogens with one attached hydrogen (secondary N) is 1. The van der Waals surface area contributed by atoms with Gasteiger partial charge in [-0.15, -0.1) is 6.42 Å². The second kappa shape index (κ2) is 3.84. The Labute approximate surface area is 85.9 Å². The van der Waals surface area contributed by atoms with Gasteiger partial charge in [0.25, 0.3) is 0 Å². The van der Waals surface area contributed by atoms with Crippen LogP contribution in [0.15, 0.2) is 29.2 Å². The number of hydrogen-bond donors (Lipinski definition) is 1. The largest absolute Gasteiger partial charge is 0.481 e. The van der Waals surface area contributed by atoms with E-state index in [0.29, 0.717) is 5.75 Å². The lowest BCUT2D eigenvalue weighted by Gasteiger charge is -2.02. The number of aromatic nitrogens is 2. The molecular weight excluding hydrogens is 192 g/mol. The van der Waals surface area contributed by atoms with Crippen LogP contribution in [-0.2, 0) is 0 Å².